The van der Waals surface area contributed by atoms with E-state index in [1.54, 1.807) is 11.2 Å². The monoisotopic (exact) mass is 342 g/mol. The Labute approximate surface area is 145 Å². The number of nitrogens with one attached hydrogen (secondary N) is 2. The second-order valence-corrected chi connectivity index (χ2v) is 6.15. The number of hydrogen-bond acceptors (Lipinski definition) is 6. The highest BCUT2D eigenvalue weighted by Gasteiger charge is 2.19. The zero-order chi connectivity index (χ0) is 18.1. The Bertz CT molecular complexity index is 912. The largest absolute Gasteiger partial charge is 0.348 e. The Morgan fingerprint density at radius 2 is 2.12 bits per heavy atom. The van der Waals surface area contributed by atoms with Crippen molar-refractivity contribution >= 4 is 22.9 Å². The van der Waals surface area contributed by atoms with E-state index >= 15 is 0 Å². The van der Waals surface area contributed by atoms with Gasteiger partial charge in [0.2, 0.25) is 5.91 Å². The van der Waals surface area contributed by atoms with E-state index in [9.17, 15) is 4.79 Å². The summed E-state index contributed by atoms with van der Waals surface area (Å²) < 4.78 is 1.83. The van der Waals surface area contributed by atoms with Gasteiger partial charge >= 0.3 is 0 Å². The number of fused-ring (bicyclic) bond motifs is 1. The van der Waals surface area contributed by atoms with Crippen LogP contribution in [0.3, 0.4) is 0 Å². The fourth-order valence-corrected chi connectivity index (χ4v) is 3.11. The first-order valence-corrected chi connectivity index (χ1v) is 8.03. The van der Waals surface area contributed by atoms with Gasteiger partial charge in [-0.3, -0.25) is 9.48 Å². The molecule has 25 heavy (non-hydrogen) atoms. The fraction of sp³-hybridized carbons (Fsp3) is 0.438. The standard InChI is InChI=1S/C16H22N8O/c1-9(13-10(2)22-24(5)11(13)3)21-12(25)6-23(4)16-14-15(18-7-17-14)19-8-20-16/h7-9H,6H2,1-5H3,(H,21,25)(H,17,18,19,20)/t9-/m0/s1. The Morgan fingerprint density at radius 3 is 2.80 bits per heavy atom. The number of aromatic amines is 1. The van der Waals surface area contributed by atoms with Crippen molar-refractivity contribution in [2.75, 3.05) is 18.5 Å². The summed E-state index contributed by atoms with van der Waals surface area (Å²) in [4.78, 5) is 29.7. The van der Waals surface area contributed by atoms with Crippen LogP contribution in [-0.4, -0.2) is 49.2 Å². The van der Waals surface area contributed by atoms with Crippen LogP contribution in [0.15, 0.2) is 12.7 Å². The molecule has 9 heteroatoms. The molecule has 3 aromatic rings. The van der Waals surface area contributed by atoms with Gasteiger partial charge in [-0.15, -0.1) is 0 Å². The average molecular weight is 342 g/mol. The van der Waals surface area contributed by atoms with Crippen LogP contribution in [0.5, 0.6) is 0 Å². The lowest BCUT2D eigenvalue weighted by Crippen LogP contribution is -2.37. The molecule has 1 amide bonds. The number of imidazole rings is 1. The van der Waals surface area contributed by atoms with Crippen LogP contribution in [0, 0.1) is 13.8 Å². The van der Waals surface area contributed by atoms with Crippen LogP contribution in [0.1, 0.15) is 29.9 Å². The van der Waals surface area contributed by atoms with Crippen molar-refractivity contribution in [3.8, 4) is 0 Å². The molecular formula is C16H22N8O. The lowest BCUT2D eigenvalue weighted by Gasteiger charge is -2.20. The number of anilines is 1. The summed E-state index contributed by atoms with van der Waals surface area (Å²) in [6, 6.07) is -0.118. The lowest BCUT2D eigenvalue weighted by molar-refractivity contribution is -0.120. The van der Waals surface area contributed by atoms with Crippen LogP contribution in [0.4, 0.5) is 5.82 Å². The van der Waals surface area contributed by atoms with Crippen molar-refractivity contribution in [2.45, 2.75) is 26.8 Å². The number of carbonyl (C=O) groups is 1. The van der Waals surface area contributed by atoms with E-state index in [0.29, 0.717) is 17.0 Å². The number of amides is 1. The highest BCUT2D eigenvalue weighted by atomic mass is 16.2. The average Bonchev–Trinajstić information content (AvgIpc) is 3.11. The molecule has 0 aliphatic heterocycles. The van der Waals surface area contributed by atoms with Crippen molar-refractivity contribution in [2.24, 2.45) is 7.05 Å². The van der Waals surface area contributed by atoms with Gasteiger partial charge in [0, 0.05) is 25.4 Å². The molecule has 132 valence electrons. The predicted octanol–water partition coefficient (Wildman–Crippen LogP) is 1.02. The lowest BCUT2D eigenvalue weighted by atomic mass is 10.1. The molecule has 0 aliphatic carbocycles. The van der Waals surface area contributed by atoms with Gasteiger partial charge in [-0.1, -0.05) is 0 Å². The number of hydrogen-bond donors (Lipinski definition) is 2. The molecule has 1 atom stereocenters. The fourth-order valence-electron chi connectivity index (χ4n) is 3.11. The first-order chi connectivity index (χ1) is 11.9. The zero-order valence-corrected chi connectivity index (χ0v) is 15.0. The van der Waals surface area contributed by atoms with E-state index in [0.717, 1.165) is 17.0 Å². The SMILES string of the molecule is Cc1nn(C)c(C)c1[C@H](C)NC(=O)CN(C)c1ncnc2nc[nH]c12. The van der Waals surface area contributed by atoms with E-state index < -0.39 is 0 Å². The van der Waals surface area contributed by atoms with E-state index in [-0.39, 0.29) is 18.5 Å². The maximum absolute atomic E-state index is 12.5. The van der Waals surface area contributed by atoms with Gasteiger partial charge in [-0.25, -0.2) is 15.0 Å². The van der Waals surface area contributed by atoms with Crippen molar-refractivity contribution in [1.29, 1.82) is 0 Å². The number of likely N-dealkylation sites (N-methyl/N-ethyl adjacent to an activating group) is 1. The molecule has 0 fully saturated rings. The Kier molecular flexibility index (Phi) is 4.39. The van der Waals surface area contributed by atoms with Crippen LogP contribution in [0.25, 0.3) is 11.2 Å². The number of carbonyl (C=O) groups excluding carboxylic acids is 1. The van der Waals surface area contributed by atoms with E-state index in [4.69, 9.17) is 0 Å². The molecule has 0 unspecified atom stereocenters. The van der Waals surface area contributed by atoms with Crippen LogP contribution >= 0.6 is 0 Å². The third-order valence-electron chi connectivity index (χ3n) is 4.32. The molecule has 9 nitrogen and oxygen atoms in total. The summed E-state index contributed by atoms with van der Waals surface area (Å²) in [5, 5.41) is 7.43. The Hall–Kier alpha value is -2.97. The van der Waals surface area contributed by atoms with Crippen LogP contribution in [-0.2, 0) is 11.8 Å². The highest BCUT2D eigenvalue weighted by Crippen LogP contribution is 2.21. The molecule has 3 heterocycles. The minimum absolute atomic E-state index is 0.0936. The third kappa shape index (κ3) is 3.17. The van der Waals surface area contributed by atoms with Gasteiger partial charge in [0.15, 0.2) is 11.5 Å². The topological polar surface area (TPSA) is 105 Å². The number of aromatic nitrogens is 6. The second-order valence-electron chi connectivity index (χ2n) is 6.15. The summed E-state index contributed by atoms with van der Waals surface area (Å²) >= 11 is 0. The van der Waals surface area contributed by atoms with Gasteiger partial charge in [-0.2, -0.15) is 5.10 Å². The maximum atomic E-state index is 12.5. The summed E-state index contributed by atoms with van der Waals surface area (Å²) in [6.07, 6.45) is 3.00. The van der Waals surface area contributed by atoms with Crippen molar-refractivity contribution < 1.29 is 4.79 Å². The third-order valence-corrected chi connectivity index (χ3v) is 4.32. The molecule has 0 aliphatic rings. The molecule has 0 spiro atoms. The molecule has 0 saturated carbocycles. The number of aryl methyl sites for hydroxylation is 2. The Balaban J connectivity index is 1.71. The number of H-pyrrole nitrogens is 1. The minimum atomic E-state index is -0.118. The number of rotatable bonds is 5. The highest BCUT2D eigenvalue weighted by molar-refractivity contribution is 5.87. The summed E-state index contributed by atoms with van der Waals surface area (Å²) in [6.45, 7) is 6.09. The molecule has 0 bridgehead atoms. The first kappa shape index (κ1) is 16.9. The molecule has 0 aromatic carbocycles. The predicted molar refractivity (Wildman–Crippen MR) is 94.2 cm³/mol. The van der Waals surface area contributed by atoms with Crippen molar-refractivity contribution in [3.05, 3.63) is 29.6 Å². The second kappa shape index (κ2) is 6.50. The van der Waals surface area contributed by atoms with Crippen molar-refractivity contribution in [1.82, 2.24) is 35.0 Å². The summed E-state index contributed by atoms with van der Waals surface area (Å²) in [5.41, 5.74) is 4.32. The molecule has 2 N–H and O–H groups in total. The molecule has 3 aromatic heterocycles. The van der Waals surface area contributed by atoms with E-state index in [1.165, 1.54) is 6.33 Å². The Morgan fingerprint density at radius 1 is 1.36 bits per heavy atom. The smallest absolute Gasteiger partial charge is 0.240 e. The van der Waals surface area contributed by atoms with Gasteiger partial charge in [-0.05, 0) is 20.8 Å². The molecule has 3 rings (SSSR count). The van der Waals surface area contributed by atoms with Crippen LogP contribution in [0.2, 0.25) is 0 Å². The molecule has 0 radical (unpaired) electrons. The van der Waals surface area contributed by atoms with Gasteiger partial charge in [0.25, 0.3) is 0 Å². The van der Waals surface area contributed by atoms with Gasteiger partial charge in [0.1, 0.15) is 11.8 Å². The summed E-state index contributed by atoms with van der Waals surface area (Å²) in [7, 11) is 3.71. The van der Waals surface area contributed by atoms with Gasteiger partial charge in [0.05, 0.1) is 24.6 Å². The zero-order valence-electron chi connectivity index (χ0n) is 15.0. The molecule has 0 saturated heterocycles. The summed E-state index contributed by atoms with van der Waals surface area (Å²) in [5.74, 6) is 0.544. The normalized spacial score (nSPS) is 12.4. The minimum Gasteiger partial charge on any atom is -0.348 e. The first-order valence-electron chi connectivity index (χ1n) is 8.03. The van der Waals surface area contributed by atoms with E-state index in [2.05, 4.69) is 30.4 Å². The van der Waals surface area contributed by atoms with Crippen LogP contribution < -0.4 is 10.2 Å². The quantitative estimate of drug-likeness (QED) is 0.717. The number of nitrogens with zero attached hydrogens (tertiary/aromatic N) is 6. The maximum Gasteiger partial charge on any atom is 0.240 e. The van der Waals surface area contributed by atoms with Crippen molar-refractivity contribution in [3.63, 3.8) is 0 Å². The molecular weight excluding hydrogens is 320 g/mol. The van der Waals surface area contributed by atoms with Gasteiger partial charge < -0.3 is 15.2 Å². The van der Waals surface area contributed by atoms with E-state index in [1.807, 2.05) is 39.5 Å².